The molecular weight excluding hydrogens is 487 g/mol. The summed E-state index contributed by atoms with van der Waals surface area (Å²) in [4.78, 5) is 0. The first-order valence-corrected chi connectivity index (χ1v) is 11.7. The Morgan fingerprint density at radius 1 is 0.941 bits per heavy atom. The zero-order valence-electron chi connectivity index (χ0n) is 18.6. The van der Waals surface area contributed by atoms with Gasteiger partial charge < -0.3 is 9.30 Å². The van der Waals surface area contributed by atoms with Gasteiger partial charge in [0.1, 0.15) is 12.4 Å². The van der Waals surface area contributed by atoms with Crippen molar-refractivity contribution in [3.05, 3.63) is 116 Å². The summed E-state index contributed by atoms with van der Waals surface area (Å²) in [5.41, 5.74) is 6.17. The maximum atomic E-state index is 9.73. The van der Waals surface area contributed by atoms with E-state index in [1.807, 2.05) is 68.5 Å². The van der Waals surface area contributed by atoms with Crippen LogP contribution in [0.3, 0.4) is 0 Å². The minimum Gasteiger partial charge on any atom is -0.489 e. The van der Waals surface area contributed by atoms with Crippen molar-refractivity contribution in [1.29, 1.82) is 5.26 Å². The van der Waals surface area contributed by atoms with Crippen molar-refractivity contribution in [1.82, 2.24) is 4.57 Å². The van der Waals surface area contributed by atoms with Gasteiger partial charge in [0.05, 0.1) is 11.6 Å². The number of ether oxygens (including phenoxy) is 1. The first-order chi connectivity index (χ1) is 16.4. The third-order valence-electron chi connectivity index (χ3n) is 5.56. The fraction of sp³-hybridized carbons (Fsp3) is 0.107. The lowest BCUT2D eigenvalue weighted by molar-refractivity contribution is 0.306. The fourth-order valence-electron chi connectivity index (χ4n) is 3.83. The number of allylic oxidation sites excluding steroid dienone is 1. The summed E-state index contributed by atoms with van der Waals surface area (Å²) in [5.74, 6) is 0.739. The highest BCUT2D eigenvalue weighted by Gasteiger charge is 2.12. The van der Waals surface area contributed by atoms with Gasteiger partial charge in [-0.3, -0.25) is 0 Å². The van der Waals surface area contributed by atoms with Gasteiger partial charge in [0.25, 0.3) is 0 Å². The molecule has 0 aliphatic carbocycles. The van der Waals surface area contributed by atoms with Gasteiger partial charge in [-0.1, -0.05) is 59.1 Å². The van der Waals surface area contributed by atoms with Crippen LogP contribution in [-0.2, 0) is 6.61 Å². The van der Waals surface area contributed by atoms with E-state index in [-0.39, 0.29) is 0 Å². The topological polar surface area (TPSA) is 38.0 Å². The normalized spacial score (nSPS) is 11.4. The van der Waals surface area contributed by atoms with Gasteiger partial charge in [0.15, 0.2) is 0 Å². The first kappa shape index (κ1) is 24.0. The molecule has 0 radical (unpaired) electrons. The predicted octanol–water partition coefficient (Wildman–Crippen LogP) is 8.70. The second-order valence-electron chi connectivity index (χ2n) is 7.83. The highest BCUT2D eigenvalue weighted by molar-refractivity contribution is 6.35. The number of nitriles is 1. The van der Waals surface area contributed by atoms with Crippen LogP contribution in [0.1, 0.15) is 28.1 Å². The maximum absolute atomic E-state index is 9.73. The minimum atomic E-state index is 0.352. The largest absolute Gasteiger partial charge is 0.489 e. The smallest absolute Gasteiger partial charge is 0.119 e. The van der Waals surface area contributed by atoms with E-state index in [0.717, 1.165) is 39.5 Å². The minimum absolute atomic E-state index is 0.352. The number of benzene rings is 3. The van der Waals surface area contributed by atoms with Crippen LogP contribution in [0.5, 0.6) is 5.75 Å². The summed E-state index contributed by atoms with van der Waals surface area (Å²) in [7, 11) is 0. The van der Waals surface area contributed by atoms with E-state index in [0.29, 0.717) is 27.2 Å². The quantitative estimate of drug-likeness (QED) is 0.245. The number of nitrogens with zero attached hydrogens (tertiary/aromatic N) is 2. The molecule has 1 aromatic heterocycles. The monoisotopic (exact) mass is 506 g/mol. The number of halogens is 3. The molecule has 170 valence electrons. The Balaban J connectivity index is 1.57. The number of hydrogen-bond donors (Lipinski definition) is 0. The average Bonchev–Trinajstić information content (AvgIpc) is 3.10. The van der Waals surface area contributed by atoms with Crippen LogP contribution in [0.4, 0.5) is 0 Å². The summed E-state index contributed by atoms with van der Waals surface area (Å²) in [6.07, 6.45) is 1.88. The Kier molecular flexibility index (Phi) is 7.34. The van der Waals surface area contributed by atoms with Crippen molar-refractivity contribution in [3.8, 4) is 17.5 Å². The van der Waals surface area contributed by atoms with Crippen LogP contribution in [0.25, 0.3) is 17.3 Å². The van der Waals surface area contributed by atoms with Gasteiger partial charge in [-0.05, 0) is 74.0 Å². The second kappa shape index (κ2) is 10.4. The molecule has 0 saturated heterocycles. The molecule has 0 aliphatic rings. The highest BCUT2D eigenvalue weighted by Crippen LogP contribution is 2.29. The van der Waals surface area contributed by atoms with Crippen molar-refractivity contribution < 1.29 is 4.74 Å². The van der Waals surface area contributed by atoms with E-state index in [1.54, 1.807) is 18.2 Å². The van der Waals surface area contributed by atoms with Crippen molar-refractivity contribution >= 4 is 46.5 Å². The average molecular weight is 508 g/mol. The van der Waals surface area contributed by atoms with Crippen molar-refractivity contribution in [2.24, 2.45) is 0 Å². The van der Waals surface area contributed by atoms with Gasteiger partial charge in [0.2, 0.25) is 0 Å². The molecular formula is C28H21Cl3N2O. The van der Waals surface area contributed by atoms with E-state index in [4.69, 9.17) is 39.5 Å². The zero-order chi connectivity index (χ0) is 24.2. The van der Waals surface area contributed by atoms with E-state index < -0.39 is 0 Å². The summed E-state index contributed by atoms with van der Waals surface area (Å²) in [5, 5.41) is 11.5. The van der Waals surface area contributed by atoms with E-state index in [9.17, 15) is 5.26 Å². The molecule has 34 heavy (non-hydrogen) atoms. The fourth-order valence-corrected chi connectivity index (χ4v) is 4.53. The Morgan fingerprint density at radius 2 is 1.68 bits per heavy atom. The molecule has 1 heterocycles. The molecule has 0 aliphatic heterocycles. The lowest BCUT2D eigenvalue weighted by Gasteiger charge is -2.12. The van der Waals surface area contributed by atoms with Crippen molar-refractivity contribution in [3.63, 3.8) is 0 Å². The summed E-state index contributed by atoms with van der Waals surface area (Å²) in [6.45, 7) is 4.43. The first-order valence-electron chi connectivity index (χ1n) is 10.6. The molecule has 0 atom stereocenters. The third-order valence-corrected chi connectivity index (χ3v) is 6.48. The molecule has 4 aromatic rings. The molecule has 0 bridgehead atoms. The van der Waals surface area contributed by atoms with Crippen LogP contribution in [0.15, 0.2) is 72.8 Å². The molecule has 4 rings (SSSR count). The zero-order valence-corrected chi connectivity index (χ0v) is 20.9. The van der Waals surface area contributed by atoms with Gasteiger partial charge in [-0.2, -0.15) is 5.26 Å². The lowest BCUT2D eigenvalue weighted by atomic mass is 10.0. The Hall–Kier alpha value is -3.16. The van der Waals surface area contributed by atoms with Crippen LogP contribution in [0.2, 0.25) is 15.1 Å². The number of aryl methyl sites for hydroxylation is 1. The summed E-state index contributed by atoms with van der Waals surface area (Å²) < 4.78 is 8.05. The summed E-state index contributed by atoms with van der Waals surface area (Å²) in [6, 6.07) is 24.9. The van der Waals surface area contributed by atoms with Gasteiger partial charge in [-0.25, -0.2) is 0 Å². The second-order valence-corrected chi connectivity index (χ2v) is 9.08. The Morgan fingerprint density at radius 3 is 2.35 bits per heavy atom. The molecule has 0 N–H and O–H groups in total. The number of rotatable bonds is 6. The van der Waals surface area contributed by atoms with Gasteiger partial charge in [0, 0.05) is 43.3 Å². The molecule has 3 aromatic carbocycles. The number of hydrogen-bond acceptors (Lipinski definition) is 2. The van der Waals surface area contributed by atoms with Crippen LogP contribution >= 0.6 is 34.8 Å². The SMILES string of the molecule is Cc1cc(C=C(C#N)c2ccccc2Cl)c(C)n1-c1ccc(OCc2ccc(Cl)cc2Cl)cc1. The Labute approximate surface area is 214 Å². The third kappa shape index (κ3) is 5.16. The van der Waals surface area contributed by atoms with Crippen molar-refractivity contribution in [2.45, 2.75) is 20.5 Å². The molecule has 0 spiro atoms. The molecule has 0 amide bonds. The van der Waals surface area contributed by atoms with Crippen molar-refractivity contribution in [2.75, 3.05) is 0 Å². The molecule has 0 saturated carbocycles. The number of aromatic nitrogens is 1. The predicted molar refractivity (Wildman–Crippen MR) is 141 cm³/mol. The lowest BCUT2D eigenvalue weighted by Crippen LogP contribution is -2.00. The van der Waals surface area contributed by atoms with Gasteiger partial charge in [-0.15, -0.1) is 0 Å². The maximum Gasteiger partial charge on any atom is 0.119 e. The highest BCUT2D eigenvalue weighted by atomic mass is 35.5. The molecule has 6 heteroatoms. The Bertz CT molecular complexity index is 1410. The van der Waals surface area contributed by atoms with E-state index in [1.165, 1.54) is 0 Å². The van der Waals surface area contributed by atoms with Gasteiger partial charge >= 0.3 is 0 Å². The van der Waals surface area contributed by atoms with E-state index >= 15 is 0 Å². The standard InChI is InChI=1S/C28H21Cl3N2O/c1-18-13-21(14-22(16-32)26-5-3-4-6-27(26)30)19(2)33(18)24-9-11-25(12-10-24)34-17-20-7-8-23(29)15-28(20)31/h3-15H,17H2,1-2H3. The molecule has 3 nitrogen and oxygen atoms in total. The van der Waals surface area contributed by atoms with Crippen LogP contribution in [-0.4, -0.2) is 4.57 Å². The van der Waals surface area contributed by atoms with E-state index in [2.05, 4.69) is 16.7 Å². The summed E-state index contributed by atoms with van der Waals surface area (Å²) >= 11 is 18.5. The van der Waals surface area contributed by atoms with Crippen LogP contribution in [0, 0.1) is 25.2 Å². The molecule has 0 unspecified atom stereocenters. The van der Waals surface area contributed by atoms with Crippen LogP contribution < -0.4 is 4.74 Å². The molecule has 0 fully saturated rings.